The number of rotatable bonds is 4. The first-order valence-corrected chi connectivity index (χ1v) is 5.31. The second-order valence-corrected chi connectivity index (χ2v) is 3.61. The molecule has 0 aliphatic carbocycles. The average Bonchev–Trinajstić information content (AvgIpc) is 2.73. The second-order valence-electron chi connectivity index (χ2n) is 3.61. The quantitative estimate of drug-likeness (QED) is 0.829. The van der Waals surface area contributed by atoms with Gasteiger partial charge in [0.05, 0.1) is 11.9 Å². The van der Waals surface area contributed by atoms with E-state index in [0.29, 0.717) is 0 Å². The molecule has 0 aliphatic heterocycles. The number of hydrogen-bond acceptors (Lipinski definition) is 4. The van der Waals surface area contributed by atoms with Gasteiger partial charge in [0.25, 0.3) is 0 Å². The number of aryl methyl sites for hydroxylation is 1. The minimum Gasteiger partial charge on any atom is -0.313 e. The van der Waals surface area contributed by atoms with Crippen LogP contribution in [0.1, 0.15) is 12.5 Å². The maximum atomic E-state index is 4.23. The van der Waals surface area contributed by atoms with Gasteiger partial charge >= 0.3 is 0 Å². The predicted octanol–water partition coefficient (Wildman–Crippen LogP) is 0.987. The lowest BCUT2D eigenvalue weighted by Gasteiger charge is -2.04. The van der Waals surface area contributed by atoms with Gasteiger partial charge in [-0.05, 0) is 18.2 Å². The highest BCUT2D eigenvalue weighted by Crippen LogP contribution is 2.16. The first-order valence-electron chi connectivity index (χ1n) is 5.31. The molecule has 0 unspecified atom stereocenters. The molecule has 0 bridgehead atoms. The van der Waals surface area contributed by atoms with E-state index in [0.717, 1.165) is 24.3 Å². The molecule has 2 aromatic heterocycles. The molecule has 0 spiro atoms. The maximum Gasteiger partial charge on any atom is 0.0897 e. The number of hydrogen-bond donors (Lipinski definition) is 1. The molecule has 0 fully saturated rings. The molecule has 84 valence electrons. The Morgan fingerprint density at radius 1 is 1.31 bits per heavy atom. The van der Waals surface area contributed by atoms with Crippen molar-refractivity contribution in [3.05, 3.63) is 30.2 Å². The summed E-state index contributed by atoms with van der Waals surface area (Å²) in [5, 5.41) is 11.0. The van der Waals surface area contributed by atoms with E-state index in [2.05, 4.69) is 33.6 Å². The third kappa shape index (κ3) is 2.25. The molecule has 1 N–H and O–H groups in total. The Morgan fingerprint density at radius 2 is 2.19 bits per heavy atom. The fourth-order valence-corrected chi connectivity index (χ4v) is 1.54. The zero-order valence-corrected chi connectivity index (χ0v) is 9.51. The van der Waals surface area contributed by atoms with Crippen LogP contribution in [0.3, 0.4) is 0 Å². The van der Waals surface area contributed by atoms with E-state index in [1.807, 2.05) is 19.4 Å². The monoisotopic (exact) mass is 217 g/mol. The van der Waals surface area contributed by atoms with Crippen molar-refractivity contribution in [2.75, 3.05) is 6.54 Å². The Bertz CT molecular complexity index is 463. The zero-order chi connectivity index (χ0) is 11.4. The summed E-state index contributed by atoms with van der Waals surface area (Å²) in [4.78, 5) is 4.23. The van der Waals surface area contributed by atoms with E-state index < -0.39 is 0 Å². The van der Waals surface area contributed by atoms with E-state index in [4.69, 9.17) is 0 Å². The van der Waals surface area contributed by atoms with Crippen LogP contribution in [-0.2, 0) is 13.6 Å². The second kappa shape index (κ2) is 4.85. The van der Waals surface area contributed by atoms with Gasteiger partial charge in [0, 0.05) is 31.5 Å². The van der Waals surface area contributed by atoms with Crippen LogP contribution in [0.4, 0.5) is 0 Å². The lowest BCUT2D eigenvalue weighted by Crippen LogP contribution is -2.11. The molecule has 5 nitrogen and oxygen atoms in total. The van der Waals surface area contributed by atoms with Crippen LogP contribution in [0.5, 0.6) is 0 Å². The van der Waals surface area contributed by atoms with Crippen molar-refractivity contribution in [3.8, 4) is 11.3 Å². The van der Waals surface area contributed by atoms with Crippen LogP contribution < -0.4 is 5.32 Å². The largest absolute Gasteiger partial charge is 0.313 e. The molecule has 0 amide bonds. The van der Waals surface area contributed by atoms with Crippen molar-refractivity contribution in [3.63, 3.8) is 0 Å². The van der Waals surface area contributed by atoms with E-state index in [-0.39, 0.29) is 0 Å². The van der Waals surface area contributed by atoms with Crippen molar-refractivity contribution < 1.29 is 0 Å². The van der Waals surface area contributed by atoms with Crippen LogP contribution in [0.2, 0.25) is 0 Å². The molecule has 2 aromatic rings. The summed E-state index contributed by atoms with van der Waals surface area (Å²) in [7, 11) is 1.87. The lowest BCUT2D eigenvalue weighted by atomic mass is 10.1. The van der Waals surface area contributed by atoms with Gasteiger partial charge in [0.1, 0.15) is 0 Å². The van der Waals surface area contributed by atoms with E-state index in [9.17, 15) is 0 Å². The van der Waals surface area contributed by atoms with Crippen LogP contribution in [-0.4, -0.2) is 26.5 Å². The number of pyridine rings is 1. The summed E-state index contributed by atoms with van der Waals surface area (Å²) in [6.45, 7) is 3.88. The van der Waals surface area contributed by atoms with Crippen molar-refractivity contribution in [1.82, 2.24) is 25.3 Å². The van der Waals surface area contributed by atoms with Crippen molar-refractivity contribution in [2.24, 2.45) is 7.05 Å². The fourth-order valence-electron chi connectivity index (χ4n) is 1.54. The molecule has 16 heavy (non-hydrogen) atoms. The minimum absolute atomic E-state index is 0.836. The Hall–Kier alpha value is -1.75. The Kier molecular flexibility index (Phi) is 3.26. The fraction of sp³-hybridized carbons (Fsp3) is 0.364. The molecule has 2 heterocycles. The molecule has 0 saturated carbocycles. The standard InChI is InChI=1S/C11H15N5/c1-3-12-5-9-4-10(7-13-6-9)11-8-14-15-16(11)2/h4,6-8,12H,3,5H2,1-2H3. The van der Waals surface area contributed by atoms with E-state index >= 15 is 0 Å². The third-order valence-electron chi connectivity index (χ3n) is 2.38. The highest BCUT2D eigenvalue weighted by molar-refractivity contribution is 5.57. The lowest BCUT2D eigenvalue weighted by molar-refractivity contribution is 0.717. The minimum atomic E-state index is 0.836. The van der Waals surface area contributed by atoms with Crippen molar-refractivity contribution >= 4 is 0 Å². The number of aromatic nitrogens is 4. The zero-order valence-electron chi connectivity index (χ0n) is 9.51. The number of nitrogens with one attached hydrogen (secondary N) is 1. The Balaban J connectivity index is 2.26. The molecule has 0 aliphatic rings. The Morgan fingerprint density at radius 3 is 2.88 bits per heavy atom. The first kappa shape index (κ1) is 10.8. The van der Waals surface area contributed by atoms with Gasteiger partial charge in [-0.2, -0.15) is 0 Å². The van der Waals surface area contributed by atoms with Gasteiger partial charge in [0.2, 0.25) is 0 Å². The molecule has 0 radical (unpaired) electrons. The van der Waals surface area contributed by atoms with Gasteiger partial charge in [-0.15, -0.1) is 5.10 Å². The van der Waals surface area contributed by atoms with Crippen molar-refractivity contribution in [1.29, 1.82) is 0 Å². The highest BCUT2D eigenvalue weighted by atomic mass is 15.4. The van der Waals surface area contributed by atoms with Gasteiger partial charge in [0.15, 0.2) is 0 Å². The highest BCUT2D eigenvalue weighted by Gasteiger charge is 2.04. The average molecular weight is 217 g/mol. The first-order chi connectivity index (χ1) is 7.81. The summed E-state index contributed by atoms with van der Waals surface area (Å²) in [6.07, 6.45) is 5.44. The topological polar surface area (TPSA) is 55.6 Å². The van der Waals surface area contributed by atoms with E-state index in [1.54, 1.807) is 10.9 Å². The smallest absolute Gasteiger partial charge is 0.0897 e. The SMILES string of the molecule is CCNCc1cncc(-c2cnnn2C)c1. The molecule has 5 heteroatoms. The summed E-state index contributed by atoms with van der Waals surface area (Å²) < 4.78 is 1.74. The maximum absolute atomic E-state index is 4.23. The van der Waals surface area contributed by atoms with Gasteiger partial charge in [-0.3, -0.25) is 4.98 Å². The summed E-state index contributed by atoms with van der Waals surface area (Å²) in [6, 6.07) is 2.11. The van der Waals surface area contributed by atoms with Gasteiger partial charge < -0.3 is 5.32 Å². The molecule has 0 aromatic carbocycles. The van der Waals surface area contributed by atoms with Crippen molar-refractivity contribution in [2.45, 2.75) is 13.5 Å². The molecular formula is C11H15N5. The van der Waals surface area contributed by atoms with Crippen LogP contribution in [0.25, 0.3) is 11.3 Å². The molecule has 0 atom stereocenters. The number of nitrogens with zero attached hydrogens (tertiary/aromatic N) is 4. The summed E-state index contributed by atoms with van der Waals surface area (Å²) in [5.74, 6) is 0. The third-order valence-corrected chi connectivity index (χ3v) is 2.38. The van der Waals surface area contributed by atoms with Crippen LogP contribution in [0.15, 0.2) is 24.7 Å². The van der Waals surface area contributed by atoms with Gasteiger partial charge in [-0.1, -0.05) is 12.1 Å². The molecular weight excluding hydrogens is 202 g/mol. The Labute approximate surface area is 94.5 Å². The molecule has 0 saturated heterocycles. The summed E-state index contributed by atoms with van der Waals surface area (Å²) in [5.41, 5.74) is 3.19. The van der Waals surface area contributed by atoms with E-state index in [1.165, 1.54) is 5.56 Å². The van der Waals surface area contributed by atoms with Gasteiger partial charge in [-0.25, -0.2) is 4.68 Å². The predicted molar refractivity (Wildman–Crippen MR) is 61.6 cm³/mol. The normalized spacial score (nSPS) is 10.6. The van der Waals surface area contributed by atoms with Crippen LogP contribution in [0, 0.1) is 0 Å². The van der Waals surface area contributed by atoms with Crippen LogP contribution >= 0.6 is 0 Å². The summed E-state index contributed by atoms with van der Waals surface area (Å²) >= 11 is 0. The molecule has 2 rings (SSSR count).